The minimum absolute atomic E-state index is 0.0850. The molecule has 1 fully saturated rings. The number of carbonyl (C=O) groups is 2. The Morgan fingerprint density at radius 1 is 0.971 bits per heavy atom. The third-order valence-corrected chi connectivity index (χ3v) is 7.47. The first-order chi connectivity index (χ1) is 16.7. The maximum atomic E-state index is 12.8. The number of nitrogens with one attached hydrogen (secondary N) is 2. The van der Waals surface area contributed by atoms with Crippen LogP contribution in [0.3, 0.4) is 0 Å². The Morgan fingerprint density at radius 2 is 1.63 bits per heavy atom. The predicted molar refractivity (Wildman–Crippen MR) is 137 cm³/mol. The number of rotatable bonds is 8. The summed E-state index contributed by atoms with van der Waals surface area (Å²) >= 11 is 0. The van der Waals surface area contributed by atoms with Crippen molar-refractivity contribution in [1.82, 2.24) is 4.72 Å². The molecule has 1 heterocycles. The molecule has 0 aromatic heterocycles. The summed E-state index contributed by atoms with van der Waals surface area (Å²) in [7, 11) is -3.66. The first-order valence-corrected chi connectivity index (χ1v) is 13.0. The molecule has 3 aromatic rings. The summed E-state index contributed by atoms with van der Waals surface area (Å²) in [6.45, 7) is 4.55. The van der Waals surface area contributed by atoms with Gasteiger partial charge in [-0.3, -0.25) is 9.59 Å². The highest BCUT2D eigenvalue weighted by Gasteiger charge is 2.35. The van der Waals surface area contributed by atoms with Gasteiger partial charge < -0.3 is 10.2 Å². The van der Waals surface area contributed by atoms with E-state index in [9.17, 15) is 18.0 Å². The molecule has 2 N–H and O–H groups in total. The van der Waals surface area contributed by atoms with Crippen LogP contribution in [0.25, 0.3) is 0 Å². The van der Waals surface area contributed by atoms with Gasteiger partial charge in [0.25, 0.3) is 0 Å². The zero-order chi connectivity index (χ0) is 25.0. The van der Waals surface area contributed by atoms with E-state index in [1.807, 2.05) is 62.4 Å². The average molecular weight is 492 g/mol. The fourth-order valence-electron chi connectivity index (χ4n) is 4.26. The van der Waals surface area contributed by atoms with Crippen LogP contribution >= 0.6 is 0 Å². The van der Waals surface area contributed by atoms with E-state index in [0.717, 1.165) is 22.4 Å². The van der Waals surface area contributed by atoms with E-state index in [-0.39, 0.29) is 29.7 Å². The molecular formula is C27H29N3O4S. The summed E-state index contributed by atoms with van der Waals surface area (Å²) < 4.78 is 27.8. The number of sulfonamides is 1. The Labute approximate surface area is 206 Å². The van der Waals surface area contributed by atoms with Crippen molar-refractivity contribution in [3.05, 3.63) is 89.5 Å². The molecule has 0 spiro atoms. The van der Waals surface area contributed by atoms with E-state index in [1.54, 1.807) is 17.0 Å². The molecule has 182 valence electrons. The number of aryl methyl sites for hydroxylation is 2. The molecule has 4 rings (SSSR count). The van der Waals surface area contributed by atoms with Gasteiger partial charge in [-0.25, -0.2) is 13.1 Å². The third-order valence-electron chi connectivity index (χ3n) is 5.99. The van der Waals surface area contributed by atoms with Crippen molar-refractivity contribution in [3.63, 3.8) is 0 Å². The second-order valence-electron chi connectivity index (χ2n) is 8.90. The van der Waals surface area contributed by atoms with E-state index >= 15 is 0 Å². The predicted octanol–water partition coefficient (Wildman–Crippen LogP) is 3.82. The second-order valence-corrected chi connectivity index (χ2v) is 10.7. The number of hydrogen-bond donors (Lipinski definition) is 2. The molecule has 2 amide bonds. The van der Waals surface area contributed by atoms with Crippen molar-refractivity contribution in [3.8, 4) is 0 Å². The molecule has 1 aliphatic heterocycles. The lowest BCUT2D eigenvalue weighted by molar-refractivity contribution is -0.122. The van der Waals surface area contributed by atoms with Crippen LogP contribution in [0, 0.1) is 19.8 Å². The van der Waals surface area contributed by atoms with E-state index in [2.05, 4.69) is 10.0 Å². The van der Waals surface area contributed by atoms with Gasteiger partial charge >= 0.3 is 0 Å². The molecule has 1 atom stereocenters. The number of anilines is 2. The van der Waals surface area contributed by atoms with E-state index in [1.165, 1.54) is 12.1 Å². The van der Waals surface area contributed by atoms with Crippen LogP contribution in [-0.4, -0.2) is 33.3 Å². The topological polar surface area (TPSA) is 95.6 Å². The first-order valence-electron chi connectivity index (χ1n) is 11.5. The Bertz CT molecular complexity index is 1300. The molecule has 35 heavy (non-hydrogen) atoms. The standard InChI is InChI=1S/C27H29N3O4S/c1-19-14-20(2)16-24(15-19)30-18-22(17-26(30)31)27(32)29-23-8-10-25(11-9-23)35(33,34)28-13-12-21-6-4-3-5-7-21/h3-11,14-16,22,28H,12-13,17-18H2,1-2H3,(H,29,32). The van der Waals surface area contributed by atoms with Gasteiger partial charge in [-0.2, -0.15) is 0 Å². The van der Waals surface area contributed by atoms with Gasteiger partial charge in [0, 0.05) is 30.9 Å². The van der Waals surface area contributed by atoms with Gasteiger partial charge in [-0.15, -0.1) is 0 Å². The van der Waals surface area contributed by atoms with Gasteiger partial charge in [0.05, 0.1) is 10.8 Å². The summed E-state index contributed by atoms with van der Waals surface area (Å²) in [4.78, 5) is 27.2. The minimum atomic E-state index is -3.66. The minimum Gasteiger partial charge on any atom is -0.326 e. The van der Waals surface area contributed by atoms with Crippen LogP contribution in [0.4, 0.5) is 11.4 Å². The molecule has 8 heteroatoms. The summed E-state index contributed by atoms with van der Waals surface area (Å²) in [6.07, 6.45) is 0.726. The maximum Gasteiger partial charge on any atom is 0.240 e. The monoisotopic (exact) mass is 491 g/mol. The quantitative estimate of drug-likeness (QED) is 0.501. The van der Waals surface area contributed by atoms with E-state index in [0.29, 0.717) is 18.7 Å². The van der Waals surface area contributed by atoms with Crippen LogP contribution in [0.2, 0.25) is 0 Å². The number of hydrogen-bond acceptors (Lipinski definition) is 4. The highest BCUT2D eigenvalue weighted by atomic mass is 32.2. The molecule has 0 radical (unpaired) electrons. The molecule has 3 aromatic carbocycles. The van der Waals surface area contributed by atoms with Crippen molar-refractivity contribution in [1.29, 1.82) is 0 Å². The second kappa shape index (κ2) is 10.4. The van der Waals surface area contributed by atoms with Gasteiger partial charge in [-0.05, 0) is 73.4 Å². The van der Waals surface area contributed by atoms with E-state index < -0.39 is 15.9 Å². The fourth-order valence-corrected chi connectivity index (χ4v) is 5.29. The molecule has 0 saturated carbocycles. The van der Waals surface area contributed by atoms with Crippen LogP contribution in [0.15, 0.2) is 77.7 Å². The van der Waals surface area contributed by atoms with Gasteiger partial charge in [0.2, 0.25) is 21.8 Å². The van der Waals surface area contributed by atoms with Crippen LogP contribution < -0.4 is 14.9 Å². The Hall–Kier alpha value is -3.49. The van der Waals surface area contributed by atoms with Gasteiger partial charge in [-0.1, -0.05) is 36.4 Å². The number of nitrogens with zero attached hydrogens (tertiary/aromatic N) is 1. The lowest BCUT2D eigenvalue weighted by atomic mass is 10.1. The highest BCUT2D eigenvalue weighted by molar-refractivity contribution is 7.89. The largest absolute Gasteiger partial charge is 0.326 e. The lowest BCUT2D eigenvalue weighted by Crippen LogP contribution is -2.28. The summed E-state index contributed by atoms with van der Waals surface area (Å²) in [5, 5.41) is 2.81. The number of amides is 2. The molecular weight excluding hydrogens is 462 g/mol. The molecule has 0 aliphatic carbocycles. The Kier molecular flexibility index (Phi) is 7.33. The lowest BCUT2D eigenvalue weighted by Gasteiger charge is -2.18. The van der Waals surface area contributed by atoms with Crippen LogP contribution in [0.5, 0.6) is 0 Å². The first kappa shape index (κ1) is 24.6. The van der Waals surface area contributed by atoms with Gasteiger partial charge in [0.15, 0.2) is 0 Å². The fraction of sp³-hybridized carbons (Fsp3) is 0.259. The van der Waals surface area contributed by atoms with Crippen molar-refractivity contribution >= 4 is 33.2 Å². The van der Waals surface area contributed by atoms with E-state index in [4.69, 9.17) is 0 Å². The molecule has 1 aliphatic rings. The van der Waals surface area contributed by atoms with Crippen molar-refractivity contribution in [2.75, 3.05) is 23.3 Å². The number of carbonyl (C=O) groups excluding carboxylic acids is 2. The summed E-state index contributed by atoms with van der Waals surface area (Å²) in [5.41, 5.74) is 4.46. The van der Waals surface area contributed by atoms with Crippen molar-refractivity contribution in [2.24, 2.45) is 5.92 Å². The SMILES string of the molecule is Cc1cc(C)cc(N2CC(C(=O)Nc3ccc(S(=O)(=O)NCCc4ccccc4)cc3)CC2=O)c1. The molecule has 1 unspecified atom stereocenters. The van der Waals surface area contributed by atoms with Crippen molar-refractivity contribution < 1.29 is 18.0 Å². The zero-order valence-electron chi connectivity index (χ0n) is 19.8. The van der Waals surface area contributed by atoms with Crippen LogP contribution in [-0.2, 0) is 26.0 Å². The van der Waals surface area contributed by atoms with Gasteiger partial charge in [0.1, 0.15) is 0 Å². The average Bonchev–Trinajstić information content (AvgIpc) is 3.21. The Morgan fingerprint density at radius 3 is 2.29 bits per heavy atom. The Balaban J connectivity index is 1.34. The molecule has 1 saturated heterocycles. The zero-order valence-corrected chi connectivity index (χ0v) is 20.6. The molecule has 0 bridgehead atoms. The summed E-state index contributed by atoms with van der Waals surface area (Å²) in [6, 6.07) is 21.6. The number of benzene rings is 3. The summed E-state index contributed by atoms with van der Waals surface area (Å²) in [5.74, 6) is -0.827. The van der Waals surface area contributed by atoms with Crippen LogP contribution in [0.1, 0.15) is 23.1 Å². The third kappa shape index (κ3) is 6.15. The highest BCUT2D eigenvalue weighted by Crippen LogP contribution is 2.28. The van der Waals surface area contributed by atoms with Crippen molar-refractivity contribution in [2.45, 2.75) is 31.6 Å². The molecule has 7 nitrogen and oxygen atoms in total. The normalized spacial score (nSPS) is 15.9. The maximum absolute atomic E-state index is 12.8. The smallest absolute Gasteiger partial charge is 0.240 e.